The first kappa shape index (κ1) is 7.96. The summed E-state index contributed by atoms with van der Waals surface area (Å²) in [6, 6.07) is 0. The normalized spacial score (nSPS) is 34.8. The summed E-state index contributed by atoms with van der Waals surface area (Å²) in [5, 5.41) is 9.56. The Morgan fingerprint density at radius 3 is 2.36 bits per heavy atom. The molecule has 0 bridgehead atoms. The van der Waals surface area contributed by atoms with Crippen molar-refractivity contribution in [3.05, 3.63) is 0 Å². The van der Waals surface area contributed by atoms with Crippen molar-refractivity contribution in [1.82, 2.24) is 5.06 Å². The molecule has 0 spiro atoms. The van der Waals surface area contributed by atoms with Crippen LogP contribution in [0.25, 0.3) is 0 Å². The Balaban J connectivity index is 2.79. The third-order valence-corrected chi connectivity index (χ3v) is 1.68. The summed E-state index contributed by atoms with van der Waals surface area (Å²) in [5.74, 6) is -2.17. The third-order valence-electron chi connectivity index (χ3n) is 1.68. The van der Waals surface area contributed by atoms with Gasteiger partial charge in [-0.2, -0.15) is 5.06 Å². The molecule has 0 radical (unpaired) electrons. The molecule has 1 amide bonds. The smallest absolute Gasteiger partial charge is 0.337 e. The molecular weight excluding hydrogens is 152 g/mol. The molecule has 6 heteroatoms. The predicted octanol–water partition coefficient (Wildman–Crippen LogP) is -1.83. The van der Waals surface area contributed by atoms with Gasteiger partial charge in [0.1, 0.15) is 0 Å². The Kier molecular flexibility index (Phi) is 1.57. The highest BCUT2D eigenvalue weighted by Crippen LogP contribution is 2.31. The minimum absolute atomic E-state index is 0.0220. The molecule has 0 aromatic heterocycles. The van der Waals surface area contributed by atoms with E-state index in [1.165, 1.54) is 7.11 Å². The summed E-state index contributed by atoms with van der Waals surface area (Å²) < 4.78 is 0. The highest BCUT2D eigenvalue weighted by molar-refractivity contribution is 6.09. The van der Waals surface area contributed by atoms with Crippen molar-refractivity contribution < 1.29 is 19.5 Å². The van der Waals surface area contributed by atoms with Gasteiger partial charge in [-0.15, -0.1) is 0 Å². The lowest BCUT2D eigenvalue weighted by Crippen LogP contribution is -2.43. The summed E-state index contributed by atoms with van der Waals surface area (Å²) in [5.41, 5.74) is 3.24. The van der Waals surface area contributed by atoms with Crippen LogP contribution < -0.4 is 5.73 Å². The number of rotatable bonds is 3. The van der Waals surface area contributed by atoms with Crippen LogP contribution in [0.4, 0.5) is 0 Å². The highest BCUT2D eigenvalue weighted by atomic mass is 16.7. The summed E-state index contributed by atoms with van der Waals surface area (Å²) in [4.78, 5) is 25.6. The van der Waals surface area contributed by atoms with Gasteiger partial charge < -0.3 is 15.7 Å². The molecule has 3 N–H and O–H groups in total. The number of amides is 1. The Morgan fingerprint density at radius 1 is 1.73 bits per heavy atom. The highest BCUT2D eigenvalue weighted by Gasteiger charge is 2.65. The molecule has 1 rings (SSSR count). The van der Waals surface area contributed by atoms with Gasteiger partial charge in [0.25, 0.3) is 5.91 Å². The number of nitrogens with two attached hydrogens (primary N) is 1. The van der Waals surface area contributed by atoms with Crippen molar-refractivity contribution in [2.24, 2.45) is 5.73 Å². The Bertz CT molecular complexity index is 201. The maximum Gasteiger partial charge on any atom is 0.337 e. The number of carbonyl (C=O) groups excluding carboxylic acids is 1. The molecule has 6 nitrogen and oxygen atoms in total. The topological polar surface area (TPSA) is 92.6 Å². The average Bonchev–Trinajstić information content (AvgIpc) is 2.61. The molecular formula is C5H8N2O4. The van der Waals surface area contributed by atoms with E-state index in [1.54, 1.807) is 0 Å². The van der Waals surface area contributed by atoms with Gasteiger partial charge in [-0.1, -0.05) is 0 Å². The Hall–Kier alpha value is -1.14. The van der Waals surface area contributed by atoms with E-state index in [0.717, 1.165) is 5.06 Å². The molecule has 2 atom stereocenters. The fourth-order valence-corrected chi connectivity index (χ4v) is 0.873. The first-order valence-electron chi connectivity index (χ1n) is 2.90. The zero-order chi connectivity index (χ0) is 8.65. The molecule has 62 valence electrons. The molecule has 1 saturated heterocycles. The lowest BCUT2D eigenvalue weighted by molar-refractivity contribution is -0.154. The van der Waals surface area contributed by atoms with Gasteiger partial charge in [0, 0.05) is 0 Å². The van der Waals surface area contributed by atoms with E-state index in [9.17, 15) is 9.59 Å². The SMILES string of the molecule is CON1CC1(C(N)=O)C(=O)O. The maximum atomic E-state index is 10.6. The van der Waals surface area contributed by atoms with Gasteiger partial charge in [0.2, 0.25) is 5.54 Å². The quantitative estimate of drug-likeness (QED) is 0.374. The van der Waals surface area contributed by atoms with E-state index < -0.39 is 17.4 Å². The van der Waals surface area contributed by atoms with Crippen molar-refractivity contribution in [2.45, 2.75) is 5.54 Å². The molecule has 0 aromatic carbocycles. The van der Waals surface area contributed by atoms with Gasteiger partial charge >= 0.3 is 5.97 Å². The van der Waals surface area contributed by atoms with E-state index in [-0.39, 0.29) is 6.54 Å². The maximum absolute atomic E-state index is 10.6. The molecule has 1 aliphatic rings. The van der Waals surface area contributed by atoms with Gasteiger partial charge in [-0.3, -0.25) is 4.79 Å². The van der Waals surface area contributed by atoms with Crippen molar-refractivity contribution >= 4 is 11.9 Å². The Morgan fingerprint density at radius 2 is 2.27 bits per heavy atom. The van der Waals surface area contributed by atoms with Crippen LogP contribution in [-0.2, 0) is 14.4 Å². The summed E-state index contributed by atoms with van der Waals surface area (Å²) in [6.45, 7) is 0.0220. The van der Waals surface area contributed by atoms with E-state index >= 15 is 0 Å². The van der Waals surface area contributed by atoms with Gasteiger partial charge in [-0.05, 0) is 0 Å². The van der Waals surface area contributed by atoms with Gasteiger partial charge in [-0.25, -0.2) is 4.79 Å². The lowest BCUT2D eigenvalue weighted by atomic mass is 10.1. The number of hydroxylamine groups is 2. The number of carboxylic acids is 1. The second kappa shape index (κ2) is 2.18. The number of hydrogen-bond donors (Lipinski definition) is 2. The largest absolute Gasteiger partial charge is 0.479 e. The van der Waals surface area contributed by atoms with Crippen LogP contribution in [0.2, 0.25) is 0 Å². The zero-order valence-electron chi connectivity index (χ0n) is 5.90. The number of hydrogen-bond acceptors (Lipinski definition) is 4. The number of carboxylic acid groups (broad SMARTS) is 1. The lowest BCUT2D eigenvalue weighted by Gasteiger charge is -2.05. The number of primary amides is 1. The standard InChI is InChI=1S/C5H8N2O4/c1-11-7-2-5(7,3(6)8)4(9)10/h2H2,1H3,(H2,6,8)(H,9,10). The Labute approximate surface area is 62.5 Å². The van der Waals surface area contributed by atoms with Crippen molar-refractivity contribution in [3.63, 3.8) is 0 Å². The molecule has 1 heterocycles. The van der Waals surface area contributed by atoms with Crippen LogP contribution >= 0.6 is 0 Å². The third kappa shape index (κ3) is 0.873. The van der Waals surface area contributed by atoms with E-state index in [2.05, 4.69) is 4.84 Å². The van der Waals surface area contributed by atoms with Crippen molar-refractivity contribution in [3.8, 4) is 0 Å². The fourth-order valence-electron chi connectivity index (χ4n) is 0.873. The average molecular weight is 160 g/mol. The van der Waals surface area contributed by atoms with Gasteiger partial charge in [0.15, 0.2) is 0 Å². The molecule has 11 heavy (non-hydrogen) atoms. The molecule has 2 unspecified atom stereocenters. The molecule has 0 saturated carbocycles. The van der Waals surface area contributed by atoms with Crippen LogP contribution in [-0.4, -0.2) is 41.2 Å². The van der Waals surface area contributed by atoms with Crippen molar-refractivity contribution in [2.75, 3.05) is 13.7 Å². The summed E-state index contributed by atoms with van der Waals surface area (Å²) in [6.07, 6.45) is 0. The van der Waals surface area contributed by atoms with Crippen LogP contribution in [0, 0.1) is 0 Å². The minimum atomic E-state index is -1.62. The van der Waals surface area contributed by atoms with Crippen LogP contribution in [0.15, 0.2) is 0 Å². The van der Waals surface area contributed by atoms with E-state index in [4.69, 9.17) is 10.8 Å². The van der Waals surface area contributed by atoms with Crippen LogP contribution in [0.3, 0.4) is 0 Å². The van der Waals surface area contributed by atoms with E-state index in [0.29, 0.717) is 0 Å². The fraction of sp³-hybridized carbons (Fsp3) is 0.600. The monoisotopic (exact) mass is 160 g/mol. The minimum Gasteiger partial charge on any atom is -0.479 e. The number of carbonyl (C=O) groups is 2. The number of aliphatic carboxylic acids is 1. The van der Waals surface area contributed by atoms with Gasteiger partial charge in [0.05, 0.1) is 13.7 Å². The molecule has 1 fully saturated rings. The van der Waals surface area contributed by atoms with E-state index in [1.807, 2.05) is 0 Å². The molecule has 0 aliphatic carbocycles. The zero-order valence-corrected chi connectivity index (χ0v) is 5.90. The van der Waals surface area contributed by atoms with Crippen molar-refractivity contribution in [1.29, 1.82) is 0 Å². The first-order chi connectivity index (χ1) is 5.05. The second-order valence-electron chi connectivity index (χ2n) is 2.25. The summed E-state index contributed by atoms with van der Waals surface area (Å²) >= 11 is 0. The number of nitrogens with zero attached hydrogens (tertiary/aromatic N) is 1. The summed E-state index contributed by atoms with van der Waals surface area (Å²) in [7, 11) is 1.29. The van der Waals surface area contributed by atoms with Crippen LogP contribution in [0.5, 0.6) is 0 Å². The second-order valence-corrected chi connectivity index (χ2v) is 2.25. The first-order valence-corrected chi connectivity index (χ1v) is 2.90. The molecule has 0 aromatic rings. The predicted molar refractivity (Wildman–Crippen MR) is 33.3 cm³/mol. The van der Waals surface area contributed by atoms with Crippen LogP contribution in [0.1, 0.15) is 0 Å². The molecule has 1 aliphatic heterocycles.